The summed E-state index contributed by atoms with van der Waals surface area (Å²) < 4.78 is 66.9. The second-order valence-corrected chi connectivity index (χ2v) is 11.1. The average Bonchev–Trinajstić information content (AvgIpc) is 2.98. The molecule has 0 aromatic heterocycles. The highest BCUT2D eigenvalue weighted by molar-refractivity contribution is 9.10. The monoisotopic (exact) mass is 679 g/mol. The quantitative estimate of drug-likeness (QED) is 0.199. The van der Waals surface area contributed by atoms with Gasteiger partial charge < -0.3 is 15.7 Å². The van der Waals surface area contributed by atoms with Crippen molar-refractivity contribution in [3.05, 3.63) is 99.5 Å². The van der Waals surface area contributed by atoms with Crippen LogP contribution in [0.5, 0.6) is 0 Å². The smallest absolute Gasteiger partial charge is 0.416 e. The van der Waals surface area contributed by atoms with Crippen LogP contribution < -0.4 is 15.5 Å². The Morgan fingerprint density at radius 3 is 2.18 bits per heavy atom. The van der Waals surface area contributed by atoms with Crippen LogP contribution in [0.4, 0.5) is 38.1 Å². The van der Waals surface area contributed by atoms with Crippen molar-refractivity contribution in [1.29, 1.82) is 0 Å². The van der Waals surface area contributed by atoms with Crippen molar-refractivity contribution in [3.63, 3.8) is 0 Å². The number of nitrogens with one attached hydrogen (secondary N) is 2. The molecule has 4 rings (SSSR count). The number of amides is 3. The number of urea groups is 1. The van der Waals surface area contributed by atoms with Crippen LogP contribution >= 0.6 is 15.9 Å². The largest absolute Gasteiger partial charge is 0.477 e. The van der Waals surface area contributed by atoms with Gasteiger partial charge in [-0.2, -0.15) is 22.0 Å². The fourth-order valence-corrected chi connectivity index (χ4v) is 5.06. The van der Waals surface area contributed by atoms with Crippen molar-refractivity contribution in [3.8, 4) is 0 Å². The Bertz CT molecular complexity index is 1560. The van der Waals surface area contributed by atoms with E-state index in [1.807, 2.05) is 17.4 Å². The minimum Gasteiger partial charge on any atom is -0.477 e. The average molecular weight is 680 g/mol. The molecule has 0 bridgehead atoms. The first-order valence-corrected chi connectivity index (χ1v) is 14.3. The molecule has 0 heterocycles. The first kappa shape index (κ1) is 32.6. The molecular weight excluding hydrogens is 653 g/mol. The molecule has 0 unspecified atom stereocenters. The van der Waals surface area contributed by atoms with E-state index in [2.05, 4.69) is 27.3 Å². The third-order valence-corrected chi connectivity index (χ3v) is 7.36. The number of aliphatic carboxylic acids is 1. The molecule has 232 valence electrons. The normalized spacial score (nSPS) is 13.5. The molecule has 3 aromatic carbocycles. The van der Waals surface area contributed by atoms with E-state index in [1.54, 1.807) is 12.1 Å². The van der Waals surface area contributed by atoms with Crippen LogP contribution in [0.25, 0.3) is 5.57 Å². The highest BCUT2D eigenvalue weighted by atomic mass is 79.9. The van der Waals surface area contributed by atoms with E-state index >= 15 is 0 Å². The maximum absolute atomic E-state index is 13.5. The summed E-state index contributed by atoms with van der Waals surface area (Å²) in [6.45, 7) is -1.46. The molecule has 0 spiro atoms. The van der Waals surface area contributed by atoms with Crippen molar-refractivity contribution in [2.24, 2.45) is 0 Å². The van der Waals surface area contributed by atoms with Gasteiger partial charge in [0.05, 0.1) is 18.7 Å². The number of hydrogen-bond donors (Lipinski definition) is 3. The first-order chi connectivity index (χ1) is 20.7. The fraction of sp³-hybridized carbons (Fsp3) is 0.258. The number of alkyl halides is 5. The third-order valence-electron chi connectivity index (χ3n) is 6.90. The zero-order chi connectivity index (χ0) is 32.1. The number of carbonyl (C=O) groups is 3. The molecule has 0 saturated heterocycles. The lowest BCUT2D eigenvalue weighted by atomic mass is 9.93. The van der Waals surface area contributed by atoms with Gasteiger partial charge in [-0.15, -0.1) is 0 Å². The number of allylic oxidation sites excluding steroid dienone is 2. The van der Waals surface area contributed by atoms with Crippen LogP contribution in [0.1, 0.15) is 52.7 Å². The standard InChI is InChI=1S/C31H27BrF5N3O4/c32-24-14-23(31(35,36)37)15-25(16-24)39-29(44)40(26-12-10-21(11-13-26)20-4-2-1-3-5-20)17-19-6-8-22(9-7-19)27(41)38-18-30(33,34)28(42)43/h4,6-16H,1-3,5,17-18H2,(H,38,41)(H,39,44)(H,42,43). The molecule has 1 aliphatic carbocycles. The minimum atomic E-state index is -4.63. The Kier molecular flexibility index (Phi) is 10.1. The van der Waals surface area contributed by atoms with E-state index in [9.17, 15) is 36.3 Å². The van der Waals surface area contributed by atoms with Crippen molar-refractivity contribution >= 4 is 50.8 Å². The number of halogens is 6. The summed E-state index contributed by atoms with van der Waals surface area (Å²) in [6, 6.07) is 15.1. The molecule has 3 aromatic rings. The molecule has 13 heteroatoms. The summed E-state index contributed by atoms with van der Waals surface area (Å²) in [5, 5.41) is 12.9. The predicted octanol–water partition coefficient (Wildman–Crippen LogP) is 8.11. The highest BCUT2D eigenvalue weighted by Gasteiger charge is 2.39. The van der Waals surface area contributed by atoms with Crippen molar-refractivity contribution in [2.75, 3.05) is 16.8 Å². The fourth-order valence-electron chi connectivity index (χ4n) is 4.57. The number of nitrogens with zero attached hydrogens (tertiary/aromatic N) is 1. The number of carbonyl (C=O) groups excluding carboxylic acids is 2. The van der Waals surface area contributed by atoms with Crippen LogP contribution in [0.3, 0.4) is 0 Å². The van der Waals surface area contributed by atoms with Gasteiger partial charge >= 0.3 is 24.1 Å². The van der Waals surface area contributed by atoms with E-state index in [4.69, 9.17) is 5.11 Å². The lowest BCUT2D eigenvalue weighted by Gasteiger charge is -2.24. The van der Waals surface area contributed by atoms with Crippen molar-refractivity contribution in [1.82, 2.24) is 5.32 Å². The lowest BCUT2D eigenvalue weighted by Crippen LogP contribution is -2.42. The number of hydrogen-bond acceptors (Lipinski definition) is 3. The molecule has 3 N–H and O–H groups in total. The van der Waals surface area contributed by atoms with Gasteiger partial charge in [0.25, 0.3) is 5.91 Å². The molecule has 1 aliphatic rings. The summed E-state index contributed by atoms with van der Waals surface area (Å²) >= 11 is 3.05. The lowest BCUT2D eigenvalue weighted by molar-refractivity contribution is -0.163. The third kappa shape index (κ3) is 8.43. The highest BCUT2D eigenvalue weighted by Crippen LogP contribution is 2.34. The van der Waals surface area contributed by atoms with Gasteiger partial charge in [0.15, 0.2) is 0 Å². The number of carboxylic acid groups (broad SMARTS) is 1. The molecule has 0 saturated carbocycles. The summed E-state index contributed by atoms with van der Waals surface area (Å²) in [5.41, 5.74) is 2.10. The molecular formula is C31H27BrF5N3O4. The van der Waals surface area contributed by atoms with Gasteiger partial charge in [0.1, 0.15) is 0 Å². The second kappa shape index (κ2) is 13.6. The maximum Gasteiger partial charge on any atom is 0.416 e. The Labute approximate surface area is 257 Å². The predicted molar refractivity (Wildman–Crippen MR) is 159 cm³/mol. The number of benzene rings is 3. The van der Waals surface area contributed by atoms with Crippen LogP contribution in [-0.4, -0.2) is 35.5 Å². The van der Waals surface area contributed by atoms with Crippen molar-refractivity contribution < 1.29 is 41.4 Å². The van der Waals surface area contributed by atoms with E-state index in [0.29, 0.717) is 11.3 Å². The van der Waals surface area contributed by atoms with Gasteiger partial charge in [-0.3, -0.25) is 9.69 Å². The molecule has 44 heavy (non-hydrogen) atoms. The second-order valence-electron chi connectivity index (χ2n) is 10.2. The molecule has 0 radical (unpaired) electrons. The van der Waals surface area contributed by atoms with Gasteiger partial charge in [-0.1, -0.05) is 46.3 Å². The molecule has 0 fully saturated rings. The Morgan fingerprint density at radius 1 is 0.909 bits per heavy atom. The Balaban J connectivity index is 1.57. The van der Waals surface area contributed by atoms with Crippen LogP contribution in [-0.2, 0) is 17.5 Å². The molecule has 0 atom stereocenters. The van der Waals surface area contributed by atoms with Gasteiger partial charge in [0, 0.05) is 21.4 Å². The summed E-state index contributed by atoms with van der Waals surface area (Å²) in [6.07, 6.45) is 1.65. The topological polar surface area (TPSA) is 98.7 Å². The first-order valence-electron chi connectivity index (χ1n) is 13.5. The summed E-state index contributed by atoms with van der Waals surface area (Å²) in [7, 11) is 0. The van der Waals surface area contributed by atoms with E-state index < -0.39 is 42.1 Å². The van der Waals surface area contributed by atoms with E-state index in [-0.39, 0.29) is 22.3 Å². The number of rotatable bonds is 9. The summed E-state index contributed by atoms with van der Waals surface area (Å²) in [4.78, 5) is 37.7. The van der Waals surface area contributed by atoms with Gasteiger partial charge in [-0.25, -0.2) is 9.59 Å². The zero-order valence-corrected chi connectivity index (χ0v) is 24.6. The number of carboxylic acids is 1. The molecule has 7 nitrogen and oxygen atoms in total. The maximum atomic E-state index is 13.5. The molecule has 0 aliphatic heterocycles. The minimum absolute atomic E-state index is 0.0233. The van der Waals surface area contributed by atoms with Crippen LogP contribution in [0, 0.1) is 0 Å². The number of anilines is 2. The summed E-state index contributed by atoms with van der Waals surface area (Å²) in [5.74, 6) is -7.43. The molecule has 3 amide bonds. The van der Waals surface area contributed by atoms with Crippen molar-refractivity contribution in [2.45, 2.75) is 44.3 Å². The van der Waals surface area contributed by atoms with E-state index in [1.165, 1.54) is 40.8 Å². The Hall–Kier alpha value is -4.26. The zero-order valence-electron chi connectivity index (χ0n) is 23.1. The van der Waals surface area contributed by atoms with Crippen LogP contribution in [0.15, 0.2) is 77.3 Å². The van der Waals surface area contributed by atoms with E-state index in [0.717, 1.165) is 43.4 Å². The van der Waals surface area contributed by atoms with Gasteiger partial charge in [0.2, 0.25) is 0 Å². The SMILES string of the molecule is O=C(NCC(F)(F)C(=O)O)c1ccc(CN(C(=O)Nc2cc(Br)cc(C(F)(F)F)c2)c2ccc(C3=CCCCC3)cc2)cc1. The Morgan fingerprint density at radius 2 is 1.59 bits per heavy atom. The van der Waals surface area contributed by atoms with Gasteiger partial charge in [-0.05, 0) is 84.8 Å². The van der Waals surface area contributed by atoms with Crippen LogP contribution in [0.2, 0.25) is 0 Å².